The fraction of sp³-hybridized carbons (Fsp3) is 1.00. The van der Waals surface area contributed by atoms with Gasteiger partial charge in [-0.15, -0.1) is 0 Å². The molecule has 0 aliphatic rings. The van der Waals surface area contributed by atoms with Gasteiger partial charge in [-0.3, -0.25) is 0 Å². The Hall–Kier alpha value is 0.270. The van der Waals surface area contributed by atoms with Crippen LogP contribution in [0.4, 0.5) is 0 Å². The first-order valence-electron chi connectivity index (χ1n) is 7.46. The summed E-state index contributed by atoms with van der Waals surface area (Å²) in [5, 5.41) is 0. The molecule has 0 amide bonds. The summed E-state index contributed by atoms with van der Waals surface area (Å²) in [6, 6.07) is 0. The first kappa shape index (κ1) is 18.3. The van der Waals surface area contributed by atoms with E-state index in [1.807, 2.05) is 0 Å². The van der Waals surface area contributed by atoms with Gasteiger partial charge in [-0.05, 0) is 18.6 Å². The van der Waals surface area contributed by atoms with Crippen LogP contribution in [0.3, 0.4) is 0 Å². The van der Waals surface area contributed by atoms with Crippen molar-refractivity contribution >= 4 is 12.6 Å². The second-order valence-electron chi connectivity index (χ2n) is 5.02. The summed E-state index contributed by atoms with van der Waals surface area (Å²) in [5.74, 6) is 0.525. The van der Waals surface area contributed by atoms with Gasteiger partial charge in [0.1, 0.15) is 0 Å². The van der Waals surface area contributed by atoms with E-state index in [0.29, 0.717) is 0 Å². The van der Waals surface area contributed by atoms with E-state index in [1.165, 1.54) is 44.9 Å². The molecule has 0 aromatic rings. The van der Waals surface area contributed by atoms with Crippen molar-refractivity contribution < 1.29 is 9.47 Å². The molecule has 0 bridgehead atoms. The molecule has 0 aromatic carbocycles. The average molecular weight is 276 g/mol. The van der Waals surface area contributed by atoms with Crippen LogP contribution in [0.25, 0.3) is 0 Å². The molecule has 18 heavy (non-hydrogen) atoms. The third kappa shape index (κ3) is 8.39. The van der Waals surface area contributed by atoms with Crippen molar-refractivity contribution in [2.24, 2.45) is 0 Å². The van der Waals surface area contributed by atoms with Gasteiger partial charge in [0, 0.05) is 27.1 Å². The first-order chi connectivity index (χ1) is 8.74. The lowest BCUT2D eigenvalue weighted by Crippen LogP contribution is -2.33. The van der Waals surface area contributed by atoms with Crippen LogP contribution < -0.4 is 0 Å². The number of hydrogen-bond donors (Lipinski definition) is 1. The Balaban J connectivity index is 3.69. The summed E-state index contributed by atoms with van der Waals surface area (Å²) in [6.45, 7) is 2.26. The first-order valence-corrected chi connectivity index (χ1v) is 8.09. The molecule has 0 saturated carbocycles. The van der Waals surface area contributed by atoms with Gasteiger partial charge in [0.15, 0.2) is 5.79 Å². The predicted molar refractivity (Wildman–Crippen MR) is 82.4 cm³/mol. The van der Waals surface area contributed by atoms with Crippen LogP contribution in [0.2, 0.25) is 0 Å². The van der Waals surface area contributed by atoms with E-state index in [1.54, 1.807) is 14.2 Å². The molecule has 0 fully saturated rings. The molecule has 0 aliphatic heterocycles. The molecule has 0 atom stereocenters. The highest BCUT2D eigenvalue weighted by Gasteiger charge is 2.27. The van der Waals surface area contributed by atoms with E-state index >= 15 is 0 Å². The Kier molecular flexibility index (Phi) is 12.5. The van der Waals surface area contributed by atoms with E-state index in [2.05, 4.69) is 19.6 Å². The molecule has 0 aromatic heterocycles. The van der Waals surface area contributed by atoms with Gasteiger partial charge in [0.25, 0.3) is 0 Å². The van der Waals surface area contributed by atoms with E-state index < -0.39 is 0 Å². The van der Waals surface area contributed by atoms with Crippen LogP contribution in [0.1, 0.15) is 71.1 Å². The van der Waals surface area contributed by atoms with Gasteiger partial charge in [0.2, 0.25) is 0 Å². The molecule has 0 aliphatic carbocycles. The third-order valence-corrected chi connectivity index (χ3v) is 3.94. The van der Waals surface area contributed by atoms with Crippen molar-refractivity contribution in [3.8, 4) is 0 Å². The van der Waals surface area contributed by atoms with Crippen molar-refractivity contribution in [2.45, 2.75) is 76.9 Å². The molecule has 110 valence electrons. The number of hydrogen-bond acceptors (Lipinski definition) is 3. The molecular weight excluding hydrogens is 244 g/mol. The lowest BCUT2D eigenvalue weighted by molar-refractivity contribution is -0.215. The van der Waals surface area contributed by atoms with Gasteiger partial charge in [0.05, 0.1) is 0 Å². The standard InChI is InChI=1S/C15H32O2S/c1-4-5-6-7-8-9-10-12-15(16-2,17-3)13-11-14-18/h18H,4-14H2,1-3H3. The van der Waals surface area contributed by atoms with Crippen molar-refractivity contribution in [3.05, 3.63) is 0 Å². The van der Waals surface area contributed by atoms with Crippen LogP contribution in [0, 0.1) is 0 Å². The Morgan fingerprint density at radius 2 is 1.28 bits per heavy atom. The molecule has 0 spiro atoms. The van der Waals surface area contributed by atoms with Gasteiger partial charge >= 0.3 is 0 Å². The molecule has 0 heterocycles. The minimum atomic E-state index is -0.369. The molecule has 0 rings (SSSR count). The summed E-state index contributed by atoms with van der Waals surface area (Å²) in [7, 11) is 3.51. The van der Waals surface area contributed by atoms with Gasteiger partial charge < -0.3 is 9.47 Å². The summed E-state index contributed by atoms with van der Waals surface area (Å²) in [4.78, 5) is 0. The van der Waals surface area contributed by atoms with Crippen LogP contribution in [-0.2, 0) is 9.47 Å². The summed E-state index contributed by atoms with van der Waals surface area (Å²) in [6.07, 6.45) is 12.3. The zero-order valence-corrected chi connectivity index (χ0v) is 13.4. The zero-order valence-electron chi connectivity index (χ0n) is 12.5. The highest BCUT2D eigenvalue weighted by atomic mass is 32.1. The Morgan fingerprint density at radius 3 is 1.78 bits per heavy atom. The van der Waals surface area contributed by atoms with Crippen molar-refractivity contribution in [2.75, 3.05) is 20.0 Å². The van der Waals surface area contributed by atoms with Crippen molar-refractivity contribution in [3.63, 3.8) is 0 Å². The maximum atomic E-state index is 5.58. The van der Waals surface area contributed by atoms with E-state index in [4.69, 9.17) is 9.47 Å². The highest BCUT2D eigenvalue weighted by Crippen LogP contribution is 2.26. The summed E-state index contributed by atoms with van der Waals surface area (Å²) < 4.78 is 11.2. The van der Waals surface area contributed by atoms with Gasteiger partial charge in [-0.25, -0.2) is 0 Å². The van der Waals surface area contributed by atoms with Crippen LogP contribution in [-0.4, -0.2) is 25.8 Å². The largest absolute Gasteiger partial charge is 0.353 e. The Morgan fingerprint density at radius 1 is 0.778 bits per heavy atom. The van der Waals surface area contributed by atoms with Crippen molar-refractivity contribution in [1.29, 1.82) is 0 Å². The fourth-order valence-electron chi connectivity index (χ4n) is 2.32. The number of thiol groups is 1. The van der Waals surface area contributed by atoms with E-state index in [9.17, 15) is 0 Å². The lowest BCUT2D eigenvalue weighted by Gasteiger charge is -2.31. The van der Waals surface area contributed by atoms with Crippen molar-refractivity contribution in [1.82, 2.24) is 0 Å². The quantitative estimate of drug-likeness (QED) is 0.295. The molecule has 3 heteroatoms. The third-order valence-electron chi connectivity index (χ3n) is 3.62. The molecule has 0 unspecified atom stereocenters. The molecule has 0 N–H and O–H groups in total. The van der Waals surface area contributed by atoms with Crippen LogP contribution in [0.5, 0.6) is 0 Å². The van der Waals surface area contributed by atoms with Gasteiger partial charge in [-0.2, -0.15) is 12.6 Å². The second-order valence-corrected chi connectivity index (χ2v) is 5.46. The predicted octanol–water partition coefficient (Wildman–Crippen LogP) is 4.83. The molecule has 0 radical (unpaired) electrons. The minimum Gasteiger partial charge on any atom is -0.353 e. The number of unbranched alkanes of at least 4 members (excludes halogenated alkanes) is 6. The summed E-state index contributed by atoms with van der Waals surface area (Å²) in [5.41, 5.74) is 0. The minimum absolute atomic E-state index is 0.369. The smallest absolute Gasteiger partial charge is 0.167 e. The number of rotatable bonds is 13. The average Bonchev–Trinajstić information content (AvgIpc) is 2.42. The second kappa shape index (κ2) is 12.3. The fourth-order valence-corrected chi connectivity index (χ4v) is 2.47. The van der Waals surface area contributed by atoms with Crippen LogP contribution >= 0.6 is 12.6 Å². The van der Waals surface area contributed by atoms with Crippen LogP contribution in [0.15, 0.2) is 0 Å². The van der Waals surface area contributed by atoms with Gasteiger partial charge in [-0.1, -0.05) is 45.4 Å². The van der Waals surface area contributed by atoms with E-state index in [-0.39, 0.29) is 5.79 Å². The number of methoxy groups -OCH3 is 2. The lowest BCUT2D eigenvalue weighted by atomic mass is 10.0. The topological polar surface area (TPSA) is 18.5 Å². The monoisotopic (exact) mass is 276 g/mol. The SMILES string of the molecule is CCCCCCCCCC(CCCS)(OC)OC. The maximum Gasteiger partial charge on any atom is 0.167 e. The Bertz CT molecular complexity index is 170. The zero-order chi connectivity index (χ0) is 13.7. The van der Waals surface area contributed by atoms with E-state index in [0.717, 1.165) is 25.0 Å². The highest BCUT2D eigenvalue weighted by molar-refractivity contribution is 7.80. The summed E-state index contributed by atoms with van der Waals surface area (Å²) >= 11 is 4.26. The maximum absolute atomic E-state index is 5.58. The molecule has 0 saturated heterocycles. The normalized spacial score (nSPS) is 12.0. The number of ether oxygens (including phenoxy) is 2. The molecular formula is C15H32O2S. The molecule has 2 nitrogen and oxygen atoms in total. The Labute approximate surface area is 119 Å².